The molecule has 3 rings (SSSR count). The average molecular weight is 234 g/mol. The van der Waals surface area contributed by atoms with Gasteiger partial charge in [0.15, 0.2) is 0 Å². The lowest BCUT2D eigenvalue weighted by atomic mass is 10.0. The van der Waals surface area contributed by atoms with Gasteiger partial charge in [-0.2, -0.15) is 0 Å². The van der Waals surface area contributed by atoms with Crippen LogP contribution >= 0.6 is 0 Å². The summed E-state index contributed by atoms with van der Waals surface area (Å²) in [5.74, 6) is 1.10. The third-order valence-electron chi connectivity index (χ3n) is 4.18. The van der Waals surface area contributed by atoms with Crippen molar-refractivity contribution in [3.63, 3.8) is 0 Å². The third kappa shape index (κ3) is 2.00. The summed E-state index contributed by atoms with van der Waals surface area (Å²) in [5.41, 5.74) is 7.36. The molecule has 0 aliphatic carbocycles. The molecule has 17 heavy (non-hydrogen) atoms. The smallest absolute Gasteiger partial charge is 0.126 e. The Morgan fingerprint density at radius 1 is 1.24 bits per heavy atom. The molecular weight excluding hydrogens is 212 g/mol. The summed E-state index contributed by atoms with van der Waals surface area (Å²) in [7, 11) is 2.21. The van der Waals surface area contributed by atoms with Crippen molar-refractivity contribution in [1.29, 1.82) is 0 Å². The minimum atomic E-state index is 0.145. The van der Waals surface area contributed by atoms with Gasteiger partial charge in [0.2, 0.25) is 0 Å². The van der Waals surface area contributed by atoms with Crippen molar-refractivity contribution in [3.8, 4) is 0 Å². The monoisotopic (exact) mass is 234 g/mol. The lowest BCUT2D eigenvalue weighted by molar-refractivity contribution is 0.184. The number of likely N-dealkylation sites (tertiary alicyclic amines) is 1. The van der Waals surface area contributed by atoms with Gasteiger partial charge in [-0.25, -0.2) is 4.98 Å². The minimum absolute atomic E-state index is 0.145. The van der Waals surface area contributed by atoms with E-state index >= 15 is 0 Å². The quantitative estimate of drug-likeness (QED) is 0.806. The number of fused-ring (bicyclic) bond motifs is 1. The second-order valence-electron chi connectivity index (χ2n) is 5.46. The average Bonchev–Trinajstić information content (AvgIpc) is 2.75. The molecule has 2 aliphatic rings. The highest BCUT2D eigenvalue weighted by atomic mass is 15.2. The van der Waals surface area contributed by atoms with Crippen molar-refractivity contribution in [1.82, 2.24) is 14.5 Å². The molecule has 4 heteroatoms. The number of aromatic nitrogens is 2. The van der Waals surface area contributed by atoms with Crippen LogP contribution in [-0.4, -0.2) is 28.0 Å². The van der Waals surface area contributed by atoms with Gasteiger partial charge in [-0.3, -0.25) is 4.90 Å². The van der Waals surface area contributed by atoms with Crippen molar-refractivity contribution in [2.45, 2.75) is 50.7 Å². The lowest BCUT2D eigenvalue weighted by Gasteiger charge is -2.31. The zero-order chi connectivity index (χ0) is 11.8. The Balaban J connectivity index is 1.88. The van der Waals surface area contributed by atoms with E-state index in [0.717, 1.165) is 18.8 Å². The third-order valence-corrected chi connectivity index (χ3v) is 4.18. The second kappa shape index (κ2) is 4.42. The van der Waals surface area contributed by atoms with Crippen LogP contribution in [-0.2, 0) is 6.54 Å². The van der Waals surface area contributed by atoms with Gasteiger partial charge < -0.3 is 10.3 Å². The Labute approximate surface area is 103 Å². The van der Waals surface area contributed by atoms with E-state index in [1.54, 1.807) is 0 Å². The van der Waals surface area contributed by atoms with Gasteiger partial charge >= 0.3 is 0 Å². The molecule has 0 bridgehead atoms. The fraction of sp³-hybridized carbons (Fsp3) is 0.769. The highest BCUT2D eigenvalue weighted by molar-refractivity contribution is 5.13. The molecule has 2 atom stereocenters. The van der Waals surface area contributed by atoms with Gasteiger partial charge in [0, 0.05) is 12.7 Å². The maximum absolute atomic E-state index is 6.13. The van der Waals surface area contributed by atoms with Gasteiger partial charge in [0.25, 0.3) is 0 Å². The summed E-state index contributed by atoms with van der Waals surface area (Å²) < 4.78 is 2.27. The van der Waals surface area contributed by atoms with Crippen LogP contribution in [0.1, 0.15) is 55.7 Å². The highest BCUT2D eigenvalue weighted by Crippen LogP contribution is 2.31. The summed E-state index contributed by atoms with van der Waals surface area (Å²) >= 11 is 0. The second-order valence-corrected chi connectivity index (χ2v) is 5.46. The van der Waals surface area contributed by atoms with E-state index in [1.807, 2.05) is 0 Å². The summed E-state index contributed by atoms with van der Waals surface area (Å²) in [5, 5.41) is 0. The lowest BCUT2D eigenvalue weighted by Crippen LogP contribution is -2.29. The van der Waals surface area contributed by atoms with Gasteiger partial charge in [-0.1, -0.05) is 6.42 Å². The summed E-state index contributed by atoms with van der Waals surface area (Å²) in [4.78, 5) is 7.24. The van der Waals surface area contributed by atoms with Crippen molar-refractivity contribution >= 4 is 0 Å². The molecule has 0 radical (unpaired) electrons. The van der Waals surface area contributed by atoms with Crippen molar-refractivity contribution in [2.24, 2.45) is 5.73 Å². The molecule has 1 fully saturated rings. The number of piperidine rings is 1. The normalized spacial score (nSPS) is 30.2. The van der Waals surface area contributed by atoms with Crippen molar-refractivity contribution < 1.29 is 0 Å². The first kappa shape index (κ1) is 11.2. The van der Waals surface area contributed by atoms with Crippen molar-refractivity contribution in [2.75, 3.05) is 13.6 Å². The molecule has 1 saturated heterocycles. The SMILES string of the molecule is CN1CCCCC1c1cn2c(n1)C(N)CCC2. The van der Waals surface area contributed by atoms with Gasteiger partial charge in [0.1, 0.15) is 5.82 Å². The molecule has 2 aliphatic heterocycles. The number of aryl methyl sites for hydroxylation is 1. The van der Waals surface area contributed by atoms with E-state index in [9.17, 15) is 0 Å². The molecule has 94 valence electrons. The topological polar surface area (TPSA) is 47.1 Å². The maximum atomic E-state index is 6.13. The molecular formula is C13H22N4. The van der Waals surface area contributed by atoms with E-state index in [0.29, 0.717) is 6.04 Å². The fourth-order valence-corrected chi connectivity index (χ4v) is 3.15. The minimum Gasteiger partial charge on any atom is -0.333 e. The fourth-order valence-electron chi connectivity index (χ4n) is 3.15. The number of nitrogens with zero attached hydrogens (tertiary/aromatic N) is 3. The summed E-state index contributed by atoms with van der Waals surface area (Å²) in [6, 6.07) is 0.653. The Hall–Kier alpha value is -0.870. The van der Waals surface area contributed by atoms with E-state index in [1.165, 1.54) is 37.9 Å². The van der Waals surface area contributed by atoms with Crippen molar-refractivity contribution in [3.05, 3.63) is 17.7 Å². The van der Waals surface area contributed by atoms with Crippen LogP contribution in [0.3, 0.4) is 0 Å². The maximum Gasteiger partial charge on any atom is 0.126 e. The predicted octanol–water partition coefficient (Wildman–Crippen LogP) is 1.83. The van der Waals surface area contributed by atoms with Gasteiger partial charge in [-0.15, -0.1) is 0 Å². The van der Waals surface area contributed by atoms with E-state index in [-0.39, 0.29) is 6.04 Å². The molecule has 0 saturated carbocycles. The zero-order valence-corrected chi connectivity index (χ0v) is 10.6. The number of imidazole rings is 1. The number of hydrogen-bond acceptors (Lipinski definition) is 3. The summed E-state index contributed by atoms with van der Waals surface area (Å²) in [6.45, 7) is 2.28. The molecule has 2 N–H and O–H groups in total. The molecule has 3 heterocycles. The molecule has 0 spiro atoms. The van der Waals surface area contributed by atoms with Crippen LogP contribution in [0.25, 0.3) is 0 Å². The standard InChI is InChI=1S/C13H22N4/c1-16-7-3-2-6-12(16)11-9-17-8-4-5-10(14)13(17)15-11/h9-10,12H,2-8,14H2,1H3. The number of hydrogen-bond donors (Lipinski definition) is 1. The zero-order valence-electron chi connectivity index (χ0n) is 10.6. The van der Waals surface area contributed by atoms with Crippen LogP contribution in [0.15, 0.2) is 6.20 Å². The van der Waals surface area contributed by atoms with Gasteiger partial charge in [-0.05, 0) is 39.3 Å². The Bertz CT molecular complexity index is 398. The van der Waals surface area contributed by atoms with E-state index < -0.39 is 0 Å². The first-order chi connectivity index (χ1) is 8.25. The van der Waals surface area contributed by atoms with E-state index in [2.05, 4.69) is 22.7 Å². The largest absolute Gasteiger partial charge is 0.333 e. The van der Waals surface area contributed by atoms with Crippen LogP contribution in [0.5, 0.6) is 0 Å². The molecule has 1 aromatic heterocycles. The molecule has 0 aromatic carbocycles. The first-order valence-electron chi connectivity index (χ1n) is 6.78. The molecule has 2 unspecified atom stereocenters. The van der Waals surface area contributed by atoms with Crippen LogP contribution in [0.4, 0.5) is 0 Å². The molecule has 1 aromatic rings. The van der Waals surface area contributed by atoms with Crippen LogP contribution in [0.2, 0.25) is 0 Å². The first-order valence-corrected chi connectivity index (χ1v) is 6.78. The number of nitrogens with two attached hydrogens (primary N) is 1. The van der Waals surface area contributed by atoms with Crippen LogP contribution < -0.4 is 5.73 Å². The molecule has 0 amide bonds. The van der Waals surface area contributed by atoms with Gasteiger partial charge in [0.05, 0.1) is 17.8 Å². The highest BCUT2D eigenvalue weighted by Gasteiger charge is 2.26. The predicted molar refractivity (Wildman–Crippen MR) is 67.6 cm³/mol. The Morgan fingerprint density at radius 3 is 2.88 bits per heavy atom. The summed E-state index contributed by atoms with van der Waals surface area (Å²) in [6.07, 6.45) is 8.38. The van der Waals surface area contributed by atoms with E-state index in [4.69, 9.17) is 10.7 Å². The Kier molecular flexibility index (Phi) is 2.92. The number of rotatable bonds is 1. The van der Waals surface area contributed by atoms with Crippen LogP contribution in [0, 0.1) is 0 Å². The molecule has 4 nitrogen and oxygen atoms in total. The Morgan fingerprint density at radius 2 is 2.12 bits per heavy atom.